The number of ether oxygens (including phenoxy) is 2. The van der Waals surface area contributed by atoms with E-state index < -0.39 is 35.6 Å². The number of ketones is 1. The van der Waals surface area contributed by atoms with Crippen LogP contribution in [0.1, 0.15) is 28.4 Å². The van der Waals surface area contributed by atoms with Crippen LogP contribution in [0.25, 0.3) is 5.76 Å². The van der Waals surface area contributed by atoms with E-state index in [4.69, 9.17) is 4.74 Å². The summed E-state index contributed by atoms with van der Waals surface area (Å²) in [5.74, 6) is -2.20. The maximum absolute atomic E-state index is 13.2. The molecule has 3 aromatic rings. The van der Waals surface area contributed by atoms with Crippen molar-refractivity contribution in [1.29, 1.82) is 0 Å². The largest absolute Gasteiger partial charge is 0.573 e. The third-order valence-electron chi connectivity index (χ3n) is 5.76. The van der Waals surface area contributed by atoms with Gasteiger partial charge in [-0.25, -0.2) is 0 Å². The Morgan fingerprint density at radius 3 is 2.31 bits per heavy atom. The second-order valence-corrected chi connectivity index (χ2v) is 8.10. The minimum atomic E-state index is -4.88. The van der Waals surface area contributed by atoms with Gasteiger partial charge in [0.25, 0.3) is 11.7 Å². The van der Waals surface area contributed by atoms with Gasteiger partial charge in [0.2, 0.25) is 0 Å². The highest BCUT2D eigenvalue weighted by atomic mass is 19.4. The maximum Gasteiger partial charge on any atom is 0.573 e. The van der Waals surface area contributed by atoms with Crippen molar-refractivity contribution in [2.75, 3.05) is 12.0 Å². The first-order valence-electron chi connectivity index (χ1n) is 10.7. The van der Waals surface area contributed by atoms with Crippen LogP contribution in [0.2, 0.25) is 0 Å². The molecule has 1 aromatic heterocycles. The van der Waals surface area contributed by atoms with Gasteiger partial charge in [-0.1, -0.05) is 6.07 Å². The monoisotopic (exact) mass is 498 g/mol. The fourth-order valence-electron chi connectivity index (χ4n) is 4.13. The number of aliphatic hydroxyl groups is 1. The number of halogens is 3. The fraction of sp³-hybridized carbons (Fsp3) is 0.192. The number of amides is 1. The third kappa shape index (κ3) is 4.61. The van der Waals surface area contributed by atoms with Crippen LogP contribution in [0.15, 0.2) is 66.4 Å². The Labute approximate surface area is 204 Å². The van der Waals surface area contributed by atoms with Crippen molar-refractivity contribution < 1.29 is 37.3 Å². The van der Waals surface area contributed by atoms with E-state index in [2.05, 4.69) is 9.72 Å². The zero-order valence-corrected chi connectivity index (χ0v) is 19.5. The minimum absolute atomic E-state index is 0.129. The normalized spacial score (nSPS) is 17.4. The number of carbonyl (C=O) groups is 2. The van der Waals surface area contributed by atoms with Gasteiger partial charge >= 0.3 is 6.36 Å². The molecule has 1 N–H and O–H groups in total. The van der Waals surface area contributed by atoms with Gasteiger partial charge in [-0.2, -0.15) is 0 Å². The van der Waals surface area contributed by atoms with Crippen LogP contribution in [0.4, 0.5) is 18.9 Å². The summed E-state index contributed by atoms with van der Waals surface area (Å²) in [6.07, 6.45) is -3.41. The lowest BCUT2D eigenvalue weighted by Gasteiger charge is -2.25. The van der Waals surface area contributed by atoms with Gasteiger partial charge in [0.05, 0.1) is 18.4 Å². The molecule has 0 saturated carbocycles. The smallest absolute Gasteiger partial charge is 0.507 e. The molecule has 2 aromatic carbocycles. The highest BCUT2D eigenvalue weighted by Crippen LogP contribution is 2.42. The quantitative estimate of drug-likeness (QED) is 0.294. The number of hydrogen-bond donors (Lipinski definition) is 1. The predicted molar refractivity (Wildman–Crippen MR) is 125 cm³/mol. The molecule has 0 bridgehead atoms. The van der Waals surface area contributed by atoms with Crippen LogP contribution >= 0.6 is 0 Å². The van der Waals surface area contributed by atoms with Gasteiger partial charge in [-0.05, 0) is 73.5 Å². The number of aliphatic hydroxyl groups excluding tert-OH is 1. The molecule has 10 heteroatoms. The van der Waals surface area contributed by atoms with Crippen LogP contribution in [0.3, 0.4) is 0 Å². The molecule has 0 spiro atoms. The number of hydrogen-bond acceptors (Lipinski definition) is 6. The topological polar surface area (TPSA) is 89.0 Å². The van der Waals surface area contributed by atoms with Crippen molar-refractivity contribution in [3.63, 3.8) is 0 Å². The number of nitrogens with zero attached hydrogens (tertiary/aromatic N) is 2. The summed E-state index contributed by atoms with van der Waals surface area (Å²) in [5.41, 5.74) is 1.87. The molecular formula is C26H21F3N2O5. The number of Topliss-reactive ketones (excluding diaryl/α,β-unsaturated/α-hetero) is 1. The summed E-state index contributed by atoms with van der Waals surface area (Å²) in [7, 11) is 1.51. The molecule has 2 heterocycles. The van der Waals surface area contributed by atoms with Crippen molar-refractivity contribution in [3.8, 4) is 11.5 Å². The molecule has 186 valence electrons. The summed E-state index contributed by atoms with van der Waals surface area (Å²) in [4.78, 5) is 31.8. The Balaban J connectivity index is 1.87. The zero-order valence-electron chi connectivity index (χ0n) is 19.5. The summed E-state index contributed by atoms with van der Waals surface area (Å²) < 4.78 is 46.9. The average Bonchev–Trinajstić information content (AvgIpc) is 3.10. The van der Waals surface area contributed by atoms with Crippen LogP contribution in [0, 0.1) is 13.8 Å². The summed E-state index contributed by atoms with van der Waals surface area (Å²) in [6, 6.07) is 11.7. The van der Waals surface area contributed by atoms with Gasteiger partial charge in [0, 0.05) is 17.4 Å². The molecule has 1 aliphatic rings. The van der Waals surface area contributed by atoms with E-state index in [-0.39, 0.29) is 17.0 Å². The number of aromatic nitrogens is 1. The van der Waals surface area contributed by atoms with Crippen molar-refractivity contribution in [3.05, 3.63) is 88.8 Å². The number of rotatable bonds is 5. The molecule has 0 aliphatic carbocycles. The van der Waals surface area contributed by atoms with E-state index in [1.807, 2.05) is 0 Å². The lowest BCUT2D eigenvalue weighted by Crippen LogP contribution is -2.29. The Hall–Kier alpha value is -4.34. The van der Waals surface area contributed by atoms with Crippen LogP contribution in [-0.2, 0) is 9.59 Å². The molecule has 36 heavy (non-hydrogen) atoms. The number of methoxy groups -OCH3 is 1. The molecule has 1 amide bonds. The lowest BCUT2D eigenvalue weighted by molar-refractivity contribution is -0.274. The van der Waals surface area contributed by atoms with E-state index in [1.54, 1.807) is 44.2 Å². The summed E-state index contributed by atoms with van der Waals surface area (Å²) in [5, 5.41) is 11.3. The molecular weight excluding hydrogens is 477 g/mol. The van der Waals surface area contributed by atoms with Gasteiger partial charge in [-0.3, -0.25) is 19.5 Å². The molecule has 1 atom stereocenters. The number of alkyl halides is 3. The van der Waals surface area contributed by atoms with Crippen LogP contribution in [-0.4, -0.2) is 35.3 Å². The van der Waals surface area contributed by atoms with Gasteiger partial charge in [-0.15, -0.1) is 13.2 Å². The average molecular weight is 498 g/mol. The van der Waals surface area contributed by atoms with Crippen molar-refractivity contribution >= 4 is 23.1 Å². The molecule has 1 saturated heterocycles. The number of benzene rings is 2. The maximum atomic E-state index is 13.2. The van der Waals surface area contributed by atoms with E-state index in [0.29, 0.717) is 22.4 Å². The molecule has 0 radical (unpaired) electrons. The van der Waals surface area contributed by atoms with Gasteiger partial charge in [0.1, 0.15) is 23.3 Å². The molecule has 7 nitrogen and oxygen atoms in total. The second kappa shape index (κ2) is 9.37. The fourth-order valence-corrected chi connectivity index (χ4v) is 4.13. The number of anilines is 1. The molecule has 4 rings (SSSR count). The van der Waals surface area contributed by atoms with E-state index >= 15 is 0 Å². The first-order valence-corrected chi connectivity index (χ1v) is 10.7. The highest BCUT2D eigenvalue weighted by Gasteiger charge is 2.47. The third-order valence-corrected chi connectivity index (χ3v) is 5.76. The lowest BCUT2D eigenvalue weighted by atomic mass is 9.95. The minimum Gasteiger partial charge on any atom is -0.507 e. The van der Waals surface area contributed by atoms with Crippen molar-refractivity contribution in [1.82, 2.24) is 4.98 Å². The van der Waals surface area contributed by atoms with Gasteiger partial charge < -0.3 is 14.6 Å². The Kier molecular flexibility index (Phi) is 6.45. The highest BCUT2D eigenvalue weighted by molar-refractivity contribution is 6.51. The van der Waals surface area contributed by atoms with Crippen LogP contribution < -0.4 is 14.4 Å². The molecule has 1 aliphatic heterocycles. The molecule has 1 fully saturated rings. The second-order valence-electron chi connectivity index (χ2n) is 8.10. The Morgan fingerprint density at radius 2 is 1.72 bits per heavy atom. The Bertz CT molecular complexity index is 1350. The summed E-state index contributed by atoms with van der Waals surface area (Å²) in [6.45, 7) is 3.50. The van der Waals surface area contributed by atoms with E-state index in [1.165, 1.54) is 25.4 Å². The Morgan fingerprint density at radius 1 is 1.03 bits per heavy atom. The van der Waals surface area contributed by atoms with Crippen LogP contribution in [0.5, 0.6) is 11.5 Å². The van der Waals surface area contributed by atoms with E-state index in [0.717, 1.165) is 17.0 Å². The molecule has 1 unspecified atom stereocenters. The van der Waals surface area contributed by atoms with Gasteiger partial charge in [0.15, 0.2) is 0 Å². The van der Waals surface area contributed by atoms with Crippen molar-refractivity contribution in [2.24, 2.45) is 0 Å². The first kappa shape index (κ1) is 24.8. The predicted octanol–water partition coefficient (Wildman–Crippen LogP) is 5.23. The standard InChI is InChI=1S/C26H21F3N2O5/c1-14-13-20(35-3)15(2)12-18(14)23(32)21-22(19-6-4-5-11-30-19)31(25(34)24(21)33)16-7-9-17(10-8-16)36-26(27,28)29/h4-13,22,32H,1-3H3/b23-21+. The van der Waals surface area contributed by atoms with Crippen molar-refractivity contribution in [2.45, 2.75) is 26.3 Å². The summed E-state index contributed by atoms with van der Waals surface area (Å²) >= 11 is 0. The number of carbonyl (C=O) groups excluding carboxylic acids is 2. The first-order chi connectivity index (χ1) is 17.0. The number of pyridine rings is 1. The number of aryl methyl sites for hydroxylation is 2. The SMILES string of the molecule is COc1cc(C)c(/C(O)=C2\C(=O)C(=O)N(c3ccc(OC(F)(F)F)cc3)C2c2ccccn2)cc1C. The van der Waals surface area contributed by atoms with E-state index in [9.17, 15) is 27.9 Å². The zero-order chi connectivity index (χ0) is 26.2.